The zero-order chi connectivity index (χ0) is 18.7. The Hall–Kier alpha value is -2.67. The molecule has 2 heterocycles. The normalized spacial score (nSPS) is 19.8. The van der Waals surface area contributed by atoms with Crippen LogP contribution in [0.5, 0.6) is 0 Å². The molecule has 2 unspecified atom stereocenters. The Kier molecular flexibility index (Phi) is 5.37. The molecule has 3 rings (SSSR count). The number of hydrogen-bond donors (Lipinski definition) is 4. The summed E-state index contributed by atoms with van der Waals surface area (Å²) in [7, 11) is 0. The number of nitrogens with zero attached hydrogens (tertiary/aromatic N) is 2. The van der Waals surface area contributed by atoms with Crippen LogP contribution in [0.25, 0.3) is 0 Å². The van der Waals surface area contributed by atoms with Crippen LogP contribution < -0.4 is 22.1 Å². The molecule has 0 saturated heterocycles. The highest BCUT2D eigenvalue weighted by atomic mass is 16.1. The molecule has 0 spiro atoms. The lowest BCUT2D eigenvalue weighted by Crippen LogP contribution is -2.42. The van der Waals surface area contributed by atoms with E-state index in [-0.39, 0.29) is 17.8 Å². The molecular formula is C19H26N6O. The van der Waals surface area contributed by atoms with E-state index >= 15 is 0 Å². The van der Waals surface area contributed by atoms with E-state index in [2.05, 4.69) is 20.6 Å². The third kappa shape index (κ3) is 4.29. The molecular weight excluding hydrogens is 328 g/mol. The van der Waals surface area contributed by atoms with Crippen LogP contribution in [-0.4, -0.2) is 28.0 Å². The second-order valence-corrected chi connectivity index (χ2v) is 6.98. The van der Waals surface area contributed by atoms with Crippen molar-refractivity contribution in [3.63, 3.8) is 0 Å². The summed E-state index contributed by atoms with van der Waals surface area (Å²) in [5.74, 6) is 0.0658. The maximum Gasteiger partial charge on any atom is 0.269 e. The number of nitrogens with one attached hydrogen (secondary N) is 2. The number of nitrogens with two attached hydrogens (primary N) is 2. The topological polar surface area (TPSA) is 119 Å². The largest absolute Gasteiger partial charge is 0.379 e. The molecule has 2 aromatic rings. The van der Waals surface area contributed by atoms with Crippen molar-refractivity contribution >= 4 is 23.1 Å². The van der Waals surface area contributed by atoms with Crippen LogP contribution in [0.3, 0.4) is 0 Å². The Morgan fingerprint density at radius 1 is 1.19 bits per heavy atom. The molecule has 7 heteroatoms. The molecule has 1 aliphatic rings. The number of pyridine rings is 2. The van der Waals surface area contributed by atoms with Crippen molar-refractivity contribution in [3.8, 4) is 0 Å². The van der Waals surface area contributed by atoms with Gasteiger partial charge >= 0.3 is 0 Å². The number of carbonyl (C=O) groups is 1. The van der Waals surface area contributed by atoms with Crippen molar-refractivity contribution in [1.82, 2.24) is 9.97 Å². The van der Waals surface area contributed by atoms with E-state index in [0.29, 0.717) is 11.5 Å². The molecule has 2 aromatic heterocycles. The standard InChI is InChI=1S/C19H26N6O/c1-11-7-12(2)23-17(8-11)25-16-9-13(10-22-18(16)19(21)26)24-15-6-4-3-5-14(15)20/h7-10,14-15,24H,3-6,20H2,1-2H3,(H2,21,26)(H,23,25). The van der Waals surface area contributed by atoms with E-state index in [9.17, 15) is 4.79 Å². The SMILES string of the molecule is Cc1cc(C)nc(Nc2cc(NC3CCCCC3N)cnc2C(N)=O)c1. The van der Waals surface area contributed by atoms with Crippen molar-refractivity contribution in [2.75, 3.05) is 10.6 Å². The van der Waals surface area contributed by atoms with Crippen LogP contribution in [0, 0.1) is 13.8 Å². The summed E-state index contributed by atoms with van der Waals surface area (Å²) in [6.07, 6.45) is 6.00. The summed E-state index contributed by atoms with van der Waals surface area (Å²) in [5.41, 5.74) is 15.2. The monoisotopic (exact) mass is 354 g/mol. The third-order valence-corrected chi connectivity index (χ3v) is 4.65. The highest BCUT2D eigenvalue weighted by Gasteiger charge is 2.22. The maximum atomic E-state index is 11.8. The lowest BCUT2D eigenvalue weighted by Gasteiger charge is -2.30. The van der Waals surface area contributed by atoms with Crippen LogP contribution >= 0.6 is 0 Å². The minimum absolute atomic E-state index is 0.122. The fraction of sp³-hybridized carbons (Fsp3) is 0.421. The van der Waals surface area contributed by atoms with Gasteiger partial charge in [0.25, 0.3) is 5.91 Å². The Labute approximate surface area is 153 Å². The first kappa shape index (κ1) is 18.1. The van der Waals surface area contributed by atoms with E-state index in [1.165, 1.54) is 6.42 Å². The molecule has 0 aromatic carbocycles. The van der Waals surface area contributed by atoms with Gasteiger partial charge in [-0.1, -0.05) is 12.8 Å². The van der Waals surface area contributed by atoms with Crippen molar-refractivity contribution in [1.29, 1.82) is 0 Å². The summed E-state index contributed by atoms with van der Waals surface area (Å²) in [6.45, 7) is 3.92. The number of amides is 1. The third-order valence-electron chi connectivity index (χ3n) is 4.65. The fourth-order valence-corrected chi connectivity index (χ4v) is 3.43. The molecule has 26 heavy (non-hydrogen) atoms. The highest BCUT2D eigenvalue weighted by Crippen LogP contribution is 2.26. The van der Waals surface area contributed by atoms with Crippen molar-refractivity contribution in [2.24, 2.45) is 11.5 Å². The lowest BCUT2D eigenvalue weighted by molar-refractivity contribution is 0.0996. The summed E-state index contributed by atoms with van der Waals surface area (Å²) in [4.78, 5) is 20.5. The molecule has 1 amide bonds. The number of aryl methyl sites for hydroxylation is 2. The molecule has 0 aliphatic heterocycles. The van der Waals surface area contributed by atoms with E-state index in [4.69, 9.17) is 11.5 Å². The van der Waals surface area contributed by atoms with Crippen LogP contribution in [0.2, 0.25) is 0 Å². The summed E-state index contributed by atoms with van der Waals surface area (Å²) < 4.78 is 0. The Bertz CT molecular complexity index is 786. The molecule has 138 valence electrons. The van der Waals surface area contributed by atoms with Gasteiger partial charge < -0.3 is 22.1 Å². The average Bonchev–Trinajstić information content (AvgIpc) is 2.56. The van der Waals surface area contributed by atoms with E-state index in [1.54, 1.807) is 6.20 Å². The molecule has 1 fully saturated rings. The van der Waals surface area contributed by atoms with Gasteiger partial charge in [0.2, 0.25) is 0 Å². The van der Waals surface area contributed by atoms with E-state index in [0.717, 1.165) is 36.2 Å². The van der Waals surface area contributed by atoms with Crippen molar-refractivity contribution < 1.29 is 4.79 Å². The Balaban J connectivity index is 1.87. The van der Waals surface area contributed by atoms with Crippen molar-refractivity contribution in [2.45, 2.75) is 51.6 Å². The van der Waals surface area contributed by atoms with Crippen molar-refractivity contribution in [3.05, 3.63) is 41.3 Å². The predicted molar refractivity (Wildman–Crippen MR) is 104 cm³/mol. The van der Waals surface area contributed by atoms with Gasteiger partial charge in [-0.3, -0.25) is 4.79 Å². The average molecular weight is 354 g/mol. The molecule has 6 N–H and O–H groups in total. The Morgan fingerprint density at radius 3 is 2.65 bits per heavy atom. The zero-order valence-corrected chi connectivity index (χ0v) is 15.2. The number of primary amides is 1. The van der Waals surface area contributed by atoms with Crippen LogP contribution in [0.4, 0.5) is 17.2 Å². The predicted octanol–water partition coefficient (Wildman–Crippen LogP) is 2.62. The second-order valence-electron chi connectivity index (χ2n) is 6.98. The quantitative estimate of drug-likeness (QED) is 0.655. The number of carbonyl (C=O) groups excluding carboxylic acids is 1. The van der Waals surface area contributed by atoms with Gasteiger partial charge in [0, 0.05) is 17.8 Å². The van der Waals surface area contributed by atoms with Gasteiger partial charge in [-0.2, -0.15) is 0 Å². The number of rotatable bonds is 5. The maximum absolute atomic E-state index is 11.8. The van der Waals surface area contributed by atoms with Gasteiger partial charge in [-0.25, -0.2) is 9.97 Å². The summed E-state index contributed by atoms with van der Waals surface area (Å²) >= 11 is 0. The van der Waals surface area contributed by atoms with Crippen LogP contribution in [0.15, 0.2) is 24.4 Å². The second kappa shape index (κ2) is 7.70. The van der Waals surface area contributed by atoms with Gasteiger partial charge in [0.1, 0.15) is 5.82 Å². The molecule has 0 radical (unpaired) electrons. The van der Waals surface area contributed by atoms with E-state index < -0.39 is 5.91 Å². The van der Waals surface area contributed by atoms with Crippen LogP contribution in [0.1, 0.15) is 47.4 Å². The first-order valence-corrected chi connectivity index (χ1v) is 8.96. The van der Waals surface area contributed by atoms with Crippen LogP contribution in [-0.2, 0) is 0 Å². The number of hydrogen-bond acceptors (Lipinski definition) is 6. The minimum Gasteiger partial charge on any atom is -0.379 e. The number of anilines is 3. The molecule has 2 atom stereocenters. The number of aromatic nitrogens is 2. The lowest BCUT2D eigenvalue weighted by atomic mass is 9.91. The fourth-order valence-electron chi connectivity index (χ4n) is 3.43. The summed E-state index contributed by atoms with van der Waals surface area (Å²) in [6, 6.07) is 6.07. The van der Waals surface area contributed by atoms with Gasteiger partial charge in [-0.05, 0) is 50.5 Å². The minimum atomic E-state index is -0.585. The smallest absolute Gasteiger partial charge is 0.269 e. The first-order valence-electron chi connectivity index (χ1n) is 8.96. The van der Waals surface area contributed by atoms with Gasteiger partial charge in [0.15, 0.2) is 5.69 Å². The molecule has 0 bridgehead atoms. The molecule has 1 saturated carbocycles. The summed E-state index contributed by atoms with van der Waals surface area (Å²) in [5, 5.41) is 6.62. The van der Waals surface area contributed by atoms with Gasteiger partial charge in [-0.15, -0.1) is 0 Å². The highest BCUT2D eigenvalue weighted by molar-refractivity contribution is 5.97. The first-order chi connectivity index (χ1) is 12.4. The zero-order valence-electron chi connectivity index (χ0n) is 15.2. The molecule has 1 aliphatic carbocycles. The van der Waals surface area contributed by atoms with E-state index in [1.807, 2.05) is 32.0 Å². The Morgan fingerprint density at radius 2 is 1.96 bits per heavy atom. The molecule has 7 nitrogen and oxygen atoms in total. The van der Waals surface area contributed by atoms with Gasteiger partial charge in [0.05, 0.1) is 17.6 Å².